The fourth-order valence-electron chi connectivity index (χ4n) is 3.35. The molecule has 0 saturated carbocycles. The Balaban J connectivity index is 2.49. The maximum atomic E-state index is 3.64. The Morgan fingerprint density at radius 1 is 1.14 bits per heavy atom. The van der Waals surface area contributed by atoms with Crippen LogP contribution < -0.4 is 0 Å². The largest absolute Gasteiger partial charge is 0.0639 e. The highest BCUT2D eigenvalue weighted by Crippen LogP contribution is 2.60. The zero-order valence-corrected chi connectivity index (χ0v) is 10.2. The average Bonchev–Trinajstić information content (AvgIpc) is 2.28. The number of rotatable bonds is 0. The Kier molecular flexibility index (Phi) is 2.10. The van der Waals surface area contributed by atoms with E-state index in [9.17, 15) is 0 Å². The van der Waals surface area contributed by atoms with Gasteiger partial charge in [-0.15, -0.1) is 0 Å². The quantitative estimate of drug-likeness (QED) is 0.535. The molecule has 0 aliphatic heterocycles. The average molecular weight is 190 g/mol. The maximum Gasteiger partial charge on any atom is 0.0126 e. The van der Waals surface area contributed by atoms with Crippen LogP contribution in [0.15, 0.2) is 11.1 Å². The van der Waals surface area contributed by atoms with Crippen LogP contribution >= 0.6 is 0 Å². The van der Waals surface area contributed by atoms with E-state index in [0.717, 1.165) is 5.92 Å². The molecule has 0 amide bonds. The van der Waals surface area contributed by atoms with Gasteiger partial charge in [-0.05, 0) is 36.0 Å². The van der Waals surface area contributed by atoms with E-state index in [1.807, 2.05) is 0 Å². The molecule has 14 heavy (non-hydrogen) atoms. The van der Waals surface area contributed by atoms with Gasteiger partial charge in [-0.25, -0.2) is 0 Å². The predicted octanol–water partition coefficient (Wildman–Crippen LogP) is 4.25. The summed E-state index contributed by atoms with van der Waals surface area (Å²) in [6.07, 6.45) is 7.43. The van der Waals surface area contributed by atoms with Gasteiger partial charge in [0, 0.05) is 6.42 Å². The SMILES string of the molecule is CC1C(C)(C)C2=C(CCC[C]2)C1(C)C. The van der Waals surface area contributed by atoms with Crippen LogP contribution in [0.3, 0.4) is 0 Å². The molecule has 0 aromatic rings. The first-order chi connectivity index (χ1) is 6.38. The van der Waals surface area contributed by atoms with Crippen molar-refractivity contribution in [2.24, 2.45) is 16.7 Å². The van der Waals surface area contributed by atoms with Crippen molar-refractivity contribution in [3.63, 3.8) is 0 Å². The zero-order valence-electron chi connectivity index (χ0n) is 10.2. The van der Waals surface area contributed by atoms with Crippen molar-refractivity contribution in [1.29, 1.82) is 0 Å². The summed E-state index contributed by atoms with van der Waals surface area (Å²) in [5, 5.41) is 0. The first-order valence-corrected chi connectivity index (χ1v) is 5.86. The Bertz CT molecular complexity index is 250. The molecule has 0 spiro atoms. The Hall–Kier alpha value is -0.260. The lowest BCUT2D eigenvalue weighted by atomic mass is 9.69. The summed E-state index contributed by atoms with van der Waals surface area (Å²) >= 11 is 0. The van der Waals surface area contributed by atoms with Gasteiger partial charge in [-0.3, -0.25) is 0 Å². The maximum absolute atomic E-state index is 3.64. The summed E-state index contributed by atoms with van der Waals surface area (Å²) in [5.41, 5.74) is 3.99. The van der Waals surface area contributed by atoms with Crippen molar-refractivity contribution in [2.45, 2.75) is 53.9 Å². The van der Waals surface area contributed by atoms with E-state index in [4.69, 9.17) is 0 Å². The fourth-order valence-corrected chi connectivity index (χ4v) is 3.35. The highest BCUT2D eigenvalue weighted by atomic mass is 14.5. The molecule has 2 aliphatic rings. The minimum atomic E-state index is 0.346. The first kappa shape index (κ1) is 10.3. The summed E-state index contributed by atoms with van der Waals surface area (Å²) in [5.74, 6) is 0.741. The molecule has 2 aliphatic carbocycles. The molecule has 0 N–H and O–H groups in total. The van der Waals surface area contributed by atoms with Crippen molar-refractivity contribution in [2.75, 3.05) is 0 Å². The van der Waals surface area contributed by atoms with Crippen LogP contribution in [-0.4, -0.2) is 0 Å². The minimum absolute atomic E-state index is 0.346. The van der Waals surface area contributed by atoms with E-state index in [1.165, 1.54) is 19.3 Å². The van der Waals surface area contributed by atoms with Crippen LogP contribution in [0, 0.1) is 23.2 Å². The number of allylic oxidation sites excluding steroid dienone is 2. The molecular weight excluding hydrogens is 168 g/mol. The summed E-state index contributed by atoms with van der Waals surface area (Å²) in [6.45, 7) is 12.0. The van der Waals surface area contributed by atoms with Crippen LogP contribution in [0.4, 0.5) is 0 Å². The monoisotopic (exact) mass is 190 g/mol. The van der Waals surface area contributed by atoms with Crippen LogP contribution in [0.5, 0.6) is 0 Å². The summed E-state index contributed by atoms with van der Waals surface area (Å²) in [4.78, 5) is 0. The third-order valence-corrected chi connectivity index (χ3v) is 4.79. The third kappa shape index (κ3) is 1.12. The smallest absolute Gasteiger partial charge is 0.0126 e. The lowest BCUT2D eigenvalue weighted by Crippen LogP contribution is -2.27. The van der Waals surface area contributed by atoms with E-state index in [0.29, 0.717) is 10.8 Å². The molecule has 2 rings (SSSR count). The van der Waals surface area contributed by atoms with Gasteiger partial charge < -0.3 is 0 Å². The molecule has 0 fully saturated rings. The van der Waals surface area contributed by atoms with Crippen molar-refractivity contribution in [1.82, 2.24) is 0 Å². The second kappa shape index (κ2) is 2.87. The topological polar surface area (TPSA) is 0 Å². The molecule has 0 saturated heterocycles. The zero-order chi connectivity index (χ0) is 10.6. The van der Waals surface area contributed by atoms with Crippen molar-refractivity contribution >= 4 is 0 Å². The molecule has 1 unspecified atom stereocenters. The van der Waals surface area contributed by atoms with Crippen LogP contribution in [-0.2, 0) is 0 Å². The minimum Gasteiger partial charge on any atom is -0.0639 e. The number of hydrogen-bond acceptors (Lipinski definition) is 0. The van der Waals surface area contributed by atoms with Crippen molar-refractivity contribution in [3.05, 3.63) is 17.6 Å². The molecule has 0 aromatic carbocycles. The number of hydrogen-bond donors (Lipinski definition) is 0. The van der Waals surface area contributed by atoms with Gasteiger partial charge >= 0.3 is 0 Å². The van der Waals surface area contributed by atoms with Crippen LogP contribution in [0.25, 0.3) is 0 Å². The molecule has 0 aromatic heterocycles. The molecule has 0 nitrogen and oxygen atoms in total. The van der Waals surface area contributed by atoms with Crippen molar-refractivity contribution in [3.8, 4) is 0 Å². The summed E-state index contributed by atoms with van der Waals surface area (Å²) < 4.78 is 0. The van der Waals surface area contributed by atoms with Gasteiger partial charge in [0.05, 0.1) is 0 Å². The highest BCUT2D eigenvalue weighted by Gasteiger charge is 2.50. The van der Waals surface area contributed by atoms with E-state index in [1.54, 1.807) is 11.1 Å². The van der Waals surface area contributed by atoms with Crippen LogP contribution in [0.1, 0.15) is 53.9 Å². The lowest BCUT2D eigenvalue weighted by molar-refractivity contribution is 0.189. The Labute approximate surface area is 88.8 Å². The van der Waals surface area contributed by atoms with E-state index in [-0.39, 0.29) is 0 Å². The van der Waals surface area contributed by atoms with Crippen molar-refractivity contribution < 1.29 is 0 Å². The lowest BCUT2D eigenvalue weighted by Gasteiger charge is -2.34. The second-order valence-electron chi connectivity index (χ2n) is 6.05. The fraction of sp³-hybridized carbons (Fsp3) is 0.786. The molecule has 0 heteroatoms. The predicted molar refractivity (Wildman–Crippen MR) is 60.8 cm³/mol. The van der Waals surface area contributed by atoms with E-state index < -0.39 is 0 Å². The van der Waals surface area contributed by atoms with Gasteiger partial charge in [0.15, 0.2) is 0 Å². The van der Waals surface area contributed by atoms with Gasteiger partial charge in [0.1, 0.15) is 0 Å². The first-order valence-electron chi connectivity index (χ1n) is 5.86. The molecular formula is C14H22. The molecule has 78 valence electrons. The van der Waals surface area contributed by atoms with E-state index in [2.05, 4.69) is 41.0 Å². The second-order valence-corrected chi connectivity index (χ2v) is 6.05. The van der Waals surface area contributed by atoms with Crippen LogP contribution in [0.2, 0.25) is 0 Å². The standard InChI is InChI=1S/C14H22/c1-10-13(2,3)11-8-6-7-9-12(11)14(10,4)5/h10H,6-8H2,1-5H3. The molecule has 1 atom stereocenters. The normalized spacial score (nSPS) is 30.6. The van der Waals surface area contributed by atoms with Gasteiger partial charge in [0.2, 0.25) is 0 Å². The van der Waals surface area contributed by atoms with Gasteiger partial charge in [-0.1, -0.05) is 45.8 Å². The van der Waals surface area contributed by atoms with Gasteiger partial charge in [-0.2, -0.15) is 0 Å². The summed E-state index contributed by atoms with van der Waals surface area (Å²) in [7, 11) is 0. The molecule has 0 heterocycles. The van der Waals surface area contributed by atoms with Gasteiger partial charge in [0.25, 0.3) is 0 Å². The molecule has 2 radical (unpaired) electrons. The molecule has 0 bridgehead atoms. The third-order valence-electron chi connectivity index (χ3n) is 4.79. The Morgan fingerprint density at radius 2 is 1.79 bits per heavy atom. The highest BCUT2D eigenvalue weighted by molar-refractivity contribution is 5.41. The summed E-state index contributed by atoms with van der Waals surface area (Å²) in [6, 6.07) is 0. The van der Waals surface area contributed by atoms with E-state index >= 15 is 0 Å². The Morgan fingerprint density at radius 3 is 2.36 bits per heavy atom.